The molecule has 2 aromatic rings. The van der Waals surface area contributed by atoms with Gasteiger partial charge >= 0.3 is 0 Å². The van der Waals surface area contributed by atoms with Crippen LogP contribution in [0.4, 0.5) is 17.5 Å². The topological polar surface area (TPSA) is 94.8 Å². The maximum absolute atomic E-state index is 8.40. The molecule has 0 amide bonds. The standard InChI is InChI=1S/C23H33ClN8/c1-31-15-18(13-27-31)29-22-26-14-19(24)21(30-22)28-17-4-6-23(7-5-17)8-10-32(11-9-23)20(25)12-16-2-3-16/h13-17,25H,2-12H2,1H3,(H2,26,28,29,30). The Morgan fingerprint density at radius 1 is 1.16 bits per heavy atom. The van der Waals surface area contributed by atoms with E-state index in [9.17, 15) is 0 Å². The van der Waals surface area contributed by atoms with Crippen LogP contribution in [-0.2, 0) is 7.05 Å². The second kappa shape index (κ2) is 8.89. The van der Waals surface area contributed by atoms with Gasteiger partial charge in [-0.25, -0.2) is 4.98 Å². The Morgan fingerprint density at radius 2 is 1.91 bits per heavy atom. The van der Waals surface area contributed by atoms with Gasteiger partial charge in [-0.2, -0.15) is 10.1 Å². The molecule has 1 aliphatic heterocycles. The second-order valence-electron chi connectivity index (χ2n) is 9.92. The van der Waals surface area contributed by atoms with Crippen molar-refractivity contribution in [1.29, 1.82) is 5.41 Å². The highest BCUT2D eigenvalue weighted by Gasteiger charge is 2.39. The van der Waals surface area contributed by atoms with E-state index < -0.39 is 0 Å². The first-order chi connectivity index (χ1) is 15.5. The van der Waals surface area contributed by atoms with Crippen molar-refractivity contribution in [1.82, 2.24) is 24.6 Å². The lowest BCUT2D eigenvalue weighted by Crippen LogP contribution is -2.45. The molecule has 0 radical (unpaired) electrons. The largest absolute Gasteiger partial charge is 0.366 e. The summed E-state index contributed by atoms with van der Waals surface area (Å²) >= 11 is 6.39. The molecule has 3 aliphatic rings. The zero-order valence-electron chi connectivity index (χ0n) is 18.8. The molecule has 8 nitrogen and oxygen atoms in total. The van der Waals surface area contributed by atoms with Crippen molar-refractivity contribution in [2.75, 3.05) is 23.7 Å². The molecule has 2 aliphatic carbocycles. The molecular formula is C23H33ClN8. The molecule has 3 heterocycles. The zero-order chi connectivity index (χ0) is 22.1. The van der Waals surface area contributed by atoms with Crippen molar-refractivity contribution >= 4 is 34.9 Å². The van der Waals surface area contributed by atoms with Gasteiger partial charge in [0, 0.05) is 38.8 Å². The van der Waals surface area contributed by atoms with E-state index in [2.05, 4.69) is 30.6 Å². The number of nitrogens with one attached hydrogen (secondary N) is 3. The molecule has 3 fully saturated rings. The molecule has 1 spiro atoms. The molecule has 3 N–H and O–H groups in total. The molecule has 1 saturated heterocycles. The summed E-state index contributed by atoms with van der Waals surface area (Å²) in [5, 5.41) is 19.9. The number of anilines is 3. The highest BCUT2D eigenvalue weighted by molar-refractivity contribution is 6.32. The van der Waals surface area contributed by atoms with Crippen molar-refractivity contribution < 1.29 is 0 Å². The Bertz CT molecular complexity index is 951. The van der Waals surface area contributed by atoms with Gasteiger partial charge in [-0.1, -0.05) is 11.6 Å². The monoisotopic (exact) mass is 456 g/mol. The van der Waals surface area contributed by atoms with Gasteiger partial charge in [0.05, 0.1) is 23.9 Å². The minimum Gasteiger partial charge on any atom is -0.366 e. The average molecular weight is 457 g/mol. The highest BCUT2D eigenvalue weighted by atomic mass is 35.5. The fourth-order valence-corrected chi connectivity index (χ4v) is 5.33. The van der Waals surface area contributed by atoms with Crippen LogP contribution in [0.5, 0.6) is 0 Å². The Hall–Kier alpha value is -2.35. The van der Waals surface area contributed by atoms with E-state index in [1.165, 1.54) is 38.5 Å². The molecule has 2 saturated carbocycles. The van der Waals surface area contributed by atoms with Crippen LogP contribution in [0.3, 0.4) is 0 Å². The van der Waals surface area contributed by atoms with E-state index >= 15 is 0 Å². The minimum atomic E-state index is 0.380. The third-order valence-electron chi connectivity index (χ3n) is 7.48. The molecule has 5 rings (SSSR count). The molecule has 0 aromatic carbocycles. The third kappa shape index (κ3) is 5.00. The van der Waals surface area contributed by atoms with Gasteiger partial charge < -0.3 is 15.5 Å². The zero-order valence-corrected chi connectivity index (χ0v) is 19.5. The maximum atomic E-state index is 8.40. The molecule has 9 heteroatoms. The van der Waals surface area contributed by atoms with Gasteiger partial charge in [0.25, 0.3) is 0 Å². The van der Waals surface area contributed by atoms with E-state index in [-0.39, 0.29) is 0 Å². The van der Waals surface area contributed by atoms with E-state index in [1.807, 2.05) is 13.2 Å². The molecular weight excluding hydrogens is 424 g/mol. The number of nitrogens with zero attached hydrogens (tertiary/aromatic N) is 5. The number of piperidine rings is 1. The van der Waals surface area contributed by atoms with Crippen molar-refractivity contribution in [3.8, 4) is 0 Å². The number of rotatable bonds is 6. The Balaban J connectivity index is 1.13. The molecule has 0 atom stereocenters. The Labute approximate surface area is 194 Å². The minimum absolute atomic E-state index is 0.380. The fraction of sp³-hybridized carbons (Fsp3) is 0.652. The molecule has 172 valence electrons. The summed E-state index contributed by atoms with van der Waals surface area (Å²) in [6, 6.07) is 0.380. The van der Waals surface area contributed by atoms with E-state index in [0.29, 0.717) is 28.2 Å². The number of halogens is 1. The molecule has 32 heavy (non-hydrogen) atoms. The van der Waals surface area contributed by atoms with Crippen LogP contribution in [-0.4, -0.2) is 49.6 Å². The third-order valence-corrected chi connectivity index (χ3v) is 7.75. The summed E-state index contributed by atoms with van der Waals surface area (Å²) in [7, 11) is 1.87. The second-order valence-corrected chi connectivity index (χ2v) is 10.3. The van der Waals surface area contributed by atoms with Crippen LogP contribution in [0.15, 0.2) is 18.6 Å². The first-order valence-electron chi connectivity index (χ1n) is 11.9. The maximum Gasteiger partial charge on any atom is 0.229 e. The number of aryl methyl sites for hydroxylation is 1. The summed E-state index contributed by atoms with van der Waals surface area (Å²) in [6.07, 6.45) is 16.1. The molecule has 0 bridgehead atoms. The van der Waals surface area contributed by atoms with Crippen LogP contribution in [0.2, 0.25) is 5.02 Å². The number of aromatic nitrogens is 4. The number of likely N-dealkylation sites (tertiary alicyclic amines) is 1. The van der Waals surface area contributed by atoms with Gasteiger partial charge in [0.1, 0.15) is 5.02 Å². The van der Waals surface area contributed by atoms with Gasteiger partial charge in [-0.05, 0) is 62.7 Å². The Kier molecular flexibility index (Phi) is 5.97. The average Bonchev–Trinajstić information content (AvgIpc) is 3.51. The van der Waals surface area contributed by atoms with Crippen molar-refractivity contribution in [2.24, 2.45) is 18.4 Å². The van der Waals surface area contributed by atoms with E-state index in [0.717, 1.165) is 49.8 Å². The smallest absolute Gasteiger partial charge is 0.229 e. The number of hydrogen-bond donors (Lipinski definition) is 3. The fourth-order valence-electron chi connectivity index (χ4n) is 5.19. The summed E-state index contributed by atoms with van der Waals surface area (Å²) in [5.41, 5.74) is 1.30. The van der Waals surface area contributed by atoms with E-state index in [1.54, 1.807) is 17.1 Å². The molecule has 0 unspecified atom stereocenters. The SMILES string of the molecule is Cn1cc(Nc2ncc(Cl)c(NC3CCC4(CC3)CCN(C(=N)CC3CC3)CC4)n2)cn1. The summed E-state index contributed by atoms with van der Waals surface area (Å²) < 4.78 is 1.73. The van der Waals surface area contributed by atoms with Crippen LogP contribution < -0.4 is 10.6 Å². The Morgan fingerprint density at radius 3 is 2.56 bits per heavy atom. The van der Waals surface area contributed by atoms with Gasteiger partial charge in [-0.3, -0.25) is 10.1 Å². The quantitative estimate of drug-likeness (QED) is 0.426. The van der Waals surface area contributed by atoms with E-state index in [4.69, 9.17) is 17.0 Å². The predicted octanol–water partition coefficient (Wildman–Crippen LogP) is 4.82. The first-order valence-corrected chi connectivity index (χ1v) is 12.2. The number of amidine groups is 1. The number of hydrogen-bond acceptors (Lipinski definition) is 6. The highest BCUT2D eigenvalue weighted by Crippen LogP contribution is 2.45. The van der Waals surface area contributed by atoms with Gasteiger partial charge in [0.15, 0.2) is 5.82 Å². The van der Waals surface area contributed by atoms with Crippen molar-refractivity contribution in [3.63, 3.8) is 0 Å². The summed E-state index contributed by atoms with van der Waals surface area (Å²) in [5.74, 6) is 2.89. The summed E-state index contributed by atoms with van der Waals surface area (Å²) in [4.78, 5) is 11.2. The van der Waals surface area contributed by atoms with Crippen LogP contribution in [0.1, 0.15) is 57.8 Å². The lowest BCUT2D eigenvalue weighted by atomic mass is 9.67. The lowest BCUT2D eigenvalue weighted by Gasteiger charge is -2.46. The van der Waals surface area contributed by atoms with Crippen molar-refractivity contribution in [2.45, 2.75) is 63.8 Å². The lowest BCUT2D eigenvalue weighted by molar-refractivity contribution is 0.0922. The predicted molar refractivity (Wildman–Crippen MR) is 128 cm³/mol. The molecule has 2 aromatic heterocycles. The van der Waals surface area contributed by atoms with Crippen LogP contribution in [0.25, 0.3) is 0 Å². The van der Waals surface area contributed by atoms with Crippen LogP contribution in [0, 0.1) is 16.7 Å². The van der Waals surface area contributed by atoms with Gasteiger partial charge in [-0.15, -0.1) is 0 Å². The normalized spacial score (nSPS) is 21.0. The van der Waals surface area contributed by atoms with Gasteiger partial charge in [0.2, 0.25) is 5.95 Å². The summed E-state index contributed by atoms with van der Waals surface area (Å²) in [6.45, 7) is 2.12. The van der Waals surface area contributed by atoms with Crippen molar-refractivity contribution in [3.05, 3.63) is 23.6 Å². The first kappa shape index (κ1) is 21.5. The van der Waals surface area contributed by atoms with Crippen LogP contribution >= 0.6 is 11.6 Å².